The van der Waals surface area contributed by atoms with E-state index in [4.69, 9.17) is 10.2 Å². The Bertz CT molecular complexity index is 568. The average Bonchev–Trinajstić information content (AvgIpc) is 2.68. The molecule has 1 saturated heterocycles. The maximum Gasteiger partial charge on any atom is 0.227 e. The Labute approximate surface area is 111 Å². The number of benzene rings is 1. The van der Waals surface area contributed by atoms with Crippen molar-refractivity contribution >= 4 is 21.6 Å². The first kappa shape index (κ1) is 14.0. The summed E-state index contributed by atoms with van der Waals surface area (Å²) in [5.74, 6) is -0.547. The Kier molecular flexibility index (Phi) is 3.88. The molecule has 0 saturated carbocycles. The van der Waals surface area contributed by atoms with Gasteiger partial charge in [-0.15, -0.1) is 0 Å². The van der Waals surface area contributed by atoms with E-state index in [0.717, 1.165) is 5.56 Å². The van der Waals surface area contributed by atoms with E-state index in [9.17, 15) is 13.2 Å². The molecule has 0 radical (unpaired) electrons. The molecule has 19 heavy (non-hydrogen) atoms. The molecule has 1 amide bonds. The molecule has 1 fully saturated rings. The third-order valence-electron chi connectivity index (χ3n) is 3.10. The smallest absolute Gasteiger partial charge is 0.227 e. The van der Waals surface area contributed by atoms with Crippen LogP contribution in [0.5, 0.6) is 0 Å². The van der Waals surface area contributed by atoms with Crippen LogP contribution >= 0.6 is 0 Å². The molecule has 3 N–H and O–H groups in total. The molecule has 1 atom stereocenters. The molecule has 1 unspecified atom stereocenters. The second-order valence-electron chi connectivity index (χ2n) is 4.73. The van der Waals surface area contributed by atoms with E-state index < -0.39 is 10.0 Å². The molecule has 6 nitrogen and oxygen atoms in total. The number of aliphatic hydroxyl groups excluding tert-OH is 1. The van der Waals surface area contributed by atoms with Crippen molar-refractivity contribution in [2.75, 3.05) is 17.2 Å². The van der Waals surface area contributed by atoms with Crippen LogP contribution in [0.4, 0.5) is 5.69 Å². The summed E-state index contributed by atoms with van der Waals surface area (Å²) in [4.78, 5) is 13.4. The zero-order chi connectivity index (χ0) is 14.0. The fraction of sp³-hybridized carbons (Fsp3) is 0.417. The van der Waals surface area contributed by atoms with Crippen LogP contribution in [-0.2, 0) is 21.4 Å². The van der Waals surface area contributed by atoms with Gasteiger partial charge in [0.25, 0.3) is 0 Å². The summed E-state index contributed by atoms with van der Waals surface area (Å²) >= 11 is 0. The molecule has 1 aliphatic rings. The van der Waals surface area contributed by atoms with Gasteiger partial charge in [-0.05, 0) is 17.7 Å². The second kappa shape index (κ2) is 5.28. The monoisotopic (exact) mass is 284 g/mol. The lowest BCUT2D eigenvalue weighted by molar-refractivity contribution is -0.117. The maximum absolute atomic E-state index is 11.9. The number of amides is 1. The Hall–Kier alpha value is -1.44. The molecule has 1 heterocycles. The normalized spacial score (nSPS) is 20.0. The predicted octanol–water partition coefficient (Wildman–Crippen LogP) is -0.180. The number of carbonyl (C=O) groups excluding carboxylic acids is 1. The molecular weight excluding hydrogens is 268 g/mol. The summed E-state index contributed by atoms with van der Waals surface area (Å²) in [5.41, 5.74) is 1.47. The molecule has 0 aromatic heterocycles. The van der Waals surface area contributed by atoms with E-state index in [2.05, 4.69) is 0 Å². The summed E-state index contributed by atoms with van der Waals surface area (Å²) in [7, 11) is -3.56. The van der Waals surface area contributed by atoms with Gasteiger partial charge in [0.2, 0.25) is 15.9 Å². The number of nitrogens with two attached hydrogens (primary N) is 1. The summed E-state index contributed by atoms with van der Waals surface area (Å²) < 4.78 is 22.1. The van der Waals surface area contributed by atoms with Gasteiger partial charge in [-0.25, -0.2) is 13.6 Å². The maximum atomic E-state index is 11.9. The molecular formula is C12H16N2O4S. The lowest BCUT2D eigenvalue weighted by Gasteiger charge is -2.16. The van der Waals surface area contributed by atoms with E-state index in [1.807, 2.05) is 0 Å². The number of nitrogens with zero attached hydrogens (tertiary/aromatic N) is 1. The van der Waals surface area contributed by atoms with Crippen molar-refractivity contribution in [2.24, 2.45) is 11.1 Å². The SMILES string of the molecule is NS(=O)(=O)CC1CC(=O)N(c2ccc(CO)cc2)C1. The third-order valence-corrected chi connectivity index (χ3v) is 4.04. The van der Waals surface area contributed by atoms with Gasteiger partial charge in [0.15, 0.2) is 0 Å². The van der Waals surface area contributed by atoms with Crippen molar-refractivity contribution in [3.8, 4) is 0 Å². The van der Waals surface area contributed by atoms with Gasteiger partial charge in [0.05, 0.1) is 12.4 Å². The van der Waals surface area contributed by atoms with E-state index in [-0.39, 0.29) is 30.6 Å². The summed E-state index contributed by atoms with van der Waals surface area (Å²) in [5, 5.41) is 14.0. The Morgan fingerprint density at radius 1 is 1.32 bits per heavy atom. The second-order valence-corrected chi connectivity index (χ2v) is 6.39. The van der Waals surface area contributed by atoms with Crippen LogP contribution in [0.1, 0.15) is 12.0 Å². The lowest BCUT2D eigenvalue weighted by Crippen LogP contribution is -2.27. The summed E-state index contributed by atoms with van der Waals surface area (Å²) in [6, 6.07) is 6.94. The molecule has 104 valence electrons. The predicted molar refractivity (Wildman–Crippen MR) is 70.8 cm³/mol. The molecule has 7 heteroatoms. The van der Waals surface area contributed by atoms with Crippen LogP contribution in [-0.4, -0.2) is 31.7 Å². The zero-order valence-electron chi connectivity index (χ0n) is 10.3. The molecule has 2 rings (SSSR count). The van der Waals surface area contributed by atoms with Crippen molar-refractivity contribution in [1.29, 1.82) is 0 Å². The van der Waals surface area contributed by atoms with E-state index in [1.54, 1.807) is 29.2 Å². The fourth-order valence-electron chi connectivity index (χ4n) is 2.25. The highest BCUT2D eigenvalue weighted by atomic mass is 32.2. The number of hydrogen-bond donors (Lipinski definition) is 2. The number of aliphatic hydroxyl groups is 1. The van der Waals surface area contributed by atoms with Gasteiger partial charge in [-0.1, -0.05) is 12.1 Å². The highest BCUT2D eigenvalue weighted by molar-refractivity contribution is 7.89. The van der Waals surface area contributed by atoms with Gasteiger partial charge in [0, 0.05) is 24.6 Å². The molecule has 0 spiro atoms. The van der Waals surface area contributed by atoms with Crippen molar-refractivity contribution in [3.05, 3.63) is 29.8 Å². The van der Waals surface area contributed by atoms with Crippen molar-refractivity contribution in [3.63, 3.8) is 0 Å². The molecule has 0 aliphatic carbocycles. The molecule has 1 aliphatic heterocycles. The van der Waals surface area contributed by atoms with Gasteiger partial charge < -0.3 is 10.0 Å². The topological polar surface area (TPSA) is 101 Å². The standard InChI is InChI=1S/C12H16N2O4S/c13-19(17,18)8-10-5-12(16)14(6-10)11-3-1-9(7-15)2-4-11/h1-4,10,15H,5-8H2,(H2,13,17,18). The first-order valence-corrected chi connectivity index (χ1v) is 7.61. The number of primary sulfonamides is 1. The fourth-order valence-corrected chi connectivity index (χ4v) is 3.13. The quantitative estimate of drug-likeness (QED) is 0.801. The van der Waals surface area contributed by atoms with E-state index in [1.165, 1.54) is 0 Å². The first-order chi connectivity index (χ1) is 8.89. The number of hydrogen-bond acceptors (Lipinski definition) is 4. The van der Waals surface area contributed by atoms with Gasteiger partial charge >= 0.3 is 0 Å². The van der Waals surface area contributed by atoms with Crippen molar-refractivity contribution in [1.82, 2.24) is 0 Å². The highest BCUT2D eigenvalue weighted by Crippen LogP contribution is 2.25. The van der Waals surface area contributed by atoms with E-state index in [0.29, 0.717) is 12.2 Å². The molecule has 1 aromatic rings. The summed E-state index contributed by atoms with van der Waals surface area (Å²) in [6.07, 6.45) is 0.193. The van der Waals surface area contributed by atoms with Gasteiger partial charge in [-0.2, -0.15) is 0 Å². The Morgan fingerprint density at radius 2 is 1.95 bits per heavy atom. The minimum absolute atomic E-state index is 0.0533. The first-order valence-electron chi connectivity index (χ1n) is 5.89. The minimum atomic E-state index is -3.56. The van der Waals surface area contributed by atoms with Crippen molar-refractivity contribution < 1.29 is 18.3 Å². The summed E-state index contributed by atoms with van der Waals surface area (Å²) in [6.45, 7) is 0.302. The highest BCUT2D eigenvalue weighted by Gasteiger charge is 2.32. The minimum Gasteiger partial charge on any atom is -0.392 e. The van der Waals surface area contributed by atoms with E-state index >= 15 is 0 Å². The van der Waals surface area contributed by atoms with Crippen LogP contribution < -0.4 is 10.0 Å². The third kappa shape index (κ3) is 3.52. The van der Waals surface area contributed by atoms with Crippen LogP contribution in [0.3, 0.4) is 0 Å². The number of anilines is 1. The van der Waals surface area contributed by atoms with Crippen LogP contribution in [0.25, 0.3) is 0 Å². The lowest BCUT2D eigenvalue weighted by atomic mass is 10.1. The number of sulfonamides is 1. The van der Waals surface area contributed by atoms with Crippen LogP contribution in [0, 0.1) is 5.92 Å². The molecule has 1 aromatic carbocycles. The molecule has 0 bridgehead atoms. The Balaban J connectivity index is 2.11. The van der Waals surface area contributed by atoms with Crippen LogP contribution in [0.15, 0.2) is 24.3 Å². The Morgan fingerprint density at radius 3 is 2.47 bits per heavy atom. The average molecular weight is 284 g/mol. The van der Waals surface area contributed by atoms with Crippen LogP contribution in [0.2, 0.25) is 0 Å². The zero-order valence-corrected chi connectivity index (χ0v) is 11.1. The van der Waals surface area contributed by atoms with Gasteiger partial charge in [-0.3, -0.25) is 4.79 Å². The van der Waals surface area contributed by atoms with Crippen molar-refractivity contribution in [2.45, 2.75) is 13.0 Å². The largest absolute Gasteiger partial charge is 0.392 e. The van der Waals surface area contributed by atoms with Gasteiger partial charge in [0.1, 0.15) is 0 Å². The number of rotatable bonds is 4. The number of carbonyl (C=O) groups is 1.